The summed E-state index contributed by atoms with van der Waals surface area (Å²) in [6.07, 6.45) is 5.03. The lowest BCUT2D eigenvalue weighted by Crippen LogP contribution is -2.29. The molecule has 2 heterocycles. The van der Waals surface area contributed by atoms with Gasteiger partial charge in [-0.15, -0.1) is 11.3 Å². The highest BCUT2D eigenvalue weighted by Gasteiger charge is 2.34. The minimum atomic E-state index is -0.0929. The zero-order valence-electron chi connectivity index (χ0n) is 24.2. The van der Waals surface area contributed by atoms with Crippen LogP contribution in [0.3, 0.4) is 0 Å². The van der Waals surface area contributed by atoms with E-state index in [1.165, 1.54) is 22.2 Å². The fourth-order valence-electron chi connectivity index (χ4n) is 5.72. The number of hydrogen-bond acceptors (Lipinski definition) is 5. The number of nitrogens with one attached hydrogen (secondary N) is 1. The van der Waals surface area contributed by atoms with Gasteiger partial charge >= 0.3 is 0 Å². The number of para-hydroxylation sites is 1. The van der Waals surface area contributed by atoms with Gasteiger partial charge in [0.15, 0.2) is 5.16 Å². The molecule has 5 nitrogen and oxygen atoms in total. The molecule has 0 spiro atoms. The predicted molar refractivity (Wildman–Crippen MR) is 169 cm³/mol. The Morgan fingerprint density at radius 3 is 2.65 bits per heavy atom. The number of aromatic nitrogens is 2. The number of fused-ring (bicyclic) bond motifs is 3. The van der Waals surface area contributed by atoms with Crippen molar-refractivity contribution in [2.45, 2.75) is 78.4 Å². The smallest absolute Gasteiger partial charge is 0.263 e. The van der Waals surface area contributed by atoms with Gasteiger partial charge in [-0.25, -0.2) is 4.98 Å². The third kappa shape index (κ3) is 5.77. The summed E-state index contributed by atoms with van der Waals surface area (Å²) in [6, 6.07) is 16.1. The first-order chi connectivity index (χ1) is 19.2. The Morgan fingerprint density at radius 2 is 1.93 bits per heavy atom. The van der Waals surface area contributed by atoms with Crippen LogP contribution in [-0.4, -0.2) is 21.2 Å². The zero-order valence-corrected chi connectivity index (χ0v) is 25.8. The van der Waals surface area contributed by atoms with Gasteiger partial charge in [0.1, 0.15) is 4.83 Å². The lowest BCUT2D eigenvalue weighted by molar-refractivity contribution is -0.113. The number of aryl methyl sites for hydroxylation is 3. The highest BCUT2D eigenvalue weighted by atomic mass is 32.2. The number of thiophene rings is 1. The van der Waals surface area contributed by atoms with Crippen LogP contribution in [0, 0.1) is 18.3 Å². The molecule has 1 amide bonds. The molecule has 5 rings (SSSR count). The highest BCUT2D eigenvalue weighted by Crippen LogP contribution is 2.44. The second-order valence-corrected chi connectivity index (χ2v) is 13.6. The lowest BCUT2D eigenvalue weighted by atomic mass is 9.70. The normalized spacial score (nSPS) is 15.3. The number of anilines is 1. The maximum Gasteiger partial charge on any atom is 0.263 e. The number of hydrogen-bond donors (Lipinski definition) is 1. The molecule has 1 atom stereocenters. The van der Waals surface area contributed by atoms with Crippen LogP contribution in [0.15, 0.2) is 58.5 Å². The molecular weight excluding hydrogens is 535 g/mol. The second kappa shape index (κ2) is 11.9. The monoisotopic (exact) mass is 573 g/mol. The molecule has 0 saturated heterocycles. The maximum absolute atomic E-state index is 14.1. The second-order valence-electron chi connectivity index (χ2n) is 11.5. The van der Waals surface area contributed by atoms with Gasteiger partial charge in [0, 0.05) is 10.6 Å². The Bertz CT molecular complexity index is 1590. The van der Waals surface area contributed by atoms with Crippen LogP contribution in [0.4, 0.5) is 5.69 Å². The van der Waals surface area contributed by atoms with Crippen LogP contribution >= 0.6 is 23.1 Å². The maximum atomic E-state index is 14.1. The van der Waals surface area contributed by atoms with Crippen molar-refractivity contribution in [1.29, 1.82) is 0 Å². The molecule has 0 aliphatic heterocycles. The van der Waals surface area contributed by atoms with E-state index >= 15 is 0 Å². The Balaban J connectivity index is 1.48. The van der Waals surface area contributed by atoms with Crippen LogP contribution in [0.2, 0.25) is 0 Å². The molecule has 40 heavy (non-hydrogen) atoms. The Morgan fingerprint density at radius 1 is 1.15 bits per heavy atom. The standard InChI is InChI=1S/C33H39N3O2S2/c1-6-23-15-11-12-21(3)29(23)34-27(37)20-39-32-35-30-28(31(38)36(32)19-22-13-9-8-10-14-22)25-17-16-24(18-26(25)40-30)33(4,5)7-2/h8-15,24H,6-7,16-20H2,1-5H3,(H,34,37)/t24-/m1/s1. The molecule has 1 aliphatic rings. The van der Waals surface area contributed by atoms with Crippen molar-refractivity contribution >= 4 is 44.9 Å². The number of rotatable bonds is 9. The van der Waals surface area contributed by atoms with Crippen LogP contribution in [-0.2, 0) is 30.6 Å². The third-order valence-corrected chi connectivity index (χ3v) is 10.8. The summed E-state index contributed by atoms with van der Waals surface area (Å²) in [6.45, 7) is 11.5. The SMILES string of the molecule is CCc1cccc(C)c1NC(=O)CSc1nc2sc3c(c2c(=O)n1Cc1ccccc1)CC[C@@H](C(C)(C)CC)C3. The van der Waals surface area contributed by atoms with Gasteiger partial charge in [0.05, 0.1) is 17.7 Å². The van der Waals surface area contributed by atoms with Crippen molar-refractivity contribution in [1.82, 2.24) is 9.55 Å². The van der Waals surface area contributed by atoms with Crippen molar-refractivity contribution in [3.8, 4) is 0 Å². The van der Waals surface area contributed by atoms with Gasteiger partial charge in [-0.1, -0.05) is 94.4 Å². The van der Waals surface area contributed by atoms with Gasteiger partial charge in [-0.3, -0.25) is 14.2 Å². The Labute approximate surface area is 245 Å². The predicted octanol–water partition coefficient (Wildman–Crippen LogP) is 7.65. The molecule has 4 aromatic rings. The van der Waals surface area contributed by atoms with Crippen LogP contribution in [0.25, 0.3) is 10.2 Å². The summed E-state index contributed by atoms with van der Waals surface area (Å²) in [5, 5.41) is 4.49. The first kappa shape index (κ1) is 28.6. The van der Waals surface area contributed by atoms with Gasteiger partial charge < -0.3 is 5.32 Å². The van der Waals surface area contributed by atoms with E-state index in [0.717, 1.165) is 64.7 Å². The fourth-order valence-corrected chi connectivity index (χ4v) is 7.86. The van der Waals surface area contributed by atoms with Crippen LogP contribution < -0.4 is 10.9 Å². The molecule has 0 saturated carbocycles. The largest absolute Gasteiger partial charge is 0.325 e. The summed E-state index contributed by atoms with van der Waals surface area (Å²) >= 11 is 3.02. The average molecular weight is 574 g/mol. The lowest BCUT2D eigenvalue weighted by Gasteiger charge is -2.36. The van der Waals surface area contributed by atoms with Gasteiger partial charge in [0.25, 0.3) is 5.56 Å². The van der Waals surface area contributed by atoms with Crippen LogP contribution in [0.1, 0.15) is 67.7 Å². The first-order valence-corrected chi connectivity index (χ1v) is 16.1. The highest BCUT2D eigenvalue weighted by molar-refractivity contribution is 7.99. The number of nitrogens with zero attached hydrogens (tertiary/aromatic N) is 2. The van der Waals surface area contributed by atoms with Crippen molar-refractivity contribution in [3.05, 3.63) is 86.0 Å². The third-order valence-electron chi connectivity index (χ3n) is 8.67. The summed E-state index contributed by atoms with van der Waals surface area (Å²) in [4.78, 5) is 34.4. The summed E-state index contributed by atoms with van der Waals surface area (Å²) in [5.41, 5.74) is 5.57. The minimum absolute atomic E-state index is 0.00892. The molecule has 0 radical (unpaired) electrons. The Hall–Kier alpha value is -2.90. The number of amides is 1. The van der Waals surface area contributed by atoms with E-state index < -0.39 is 0 Å². The molecule has 1 N–H and O–H groups in total. The van der Waals surface area contributed by atoms with Crippen molar-refractivity contribution in [2.75, 3.05) is 11.1 Å². The molecular formula is C33H39N3O2S2. The van der Waals surface area contributed by atoms with E-state index in [1.807, 2.05) is 55.5 Å². The van der Waals surface area contributed by atoms with Gasteiger partial charge in [-0.05, 0) is 66.2 Å². The zero-order chi connectivity index (χ0) is 28.4. The van der Waals surface area contributed by atoms with E-state index in [9.17, 15) is 9.59 Å². The molecule has 0 unspecified atom stereocenters. The number of benzene rings is 2. The van der Waals surface area contributed by atoms with Crippen LogP contribution in [0.5, 0.6) is 0 Å². The van der Waals surface area contributed by atoms with E-state index in [4.69, 9.17) is 4.98 Å². The number of carbonyl (C=O) groups excluding carboxylic acids is 1. The Kier molecular flexibility index (Phi) is 8.52. The van der Waals surface area contributed by atoms with E-state index in [1.54, 1.807) is 15.9 Å². The van der Waals surface area contributed by atoms with Crippen molar-refractivity contribution in [2.24, 2.45) is 11.3 Å². The van der Waals surface area contributed by atoms with Gasteiger partial charge in [0.2, 0.25) is 5.91 Å². The topological polar surface area (TPSA) is 64.0 Å². The number of carbonyl (C=O) groups is 1. The summed E-state index contributed by atoms with van der Waals surface area (Å²) < 4.78 is 1.77. The van der Waals surface area contributed by atoms with Gasteiger partial charge in [-0.2, -0.15) is 0 Å². The van der Waals surface area contributed by atoms with Crippen molar-refractivity contribution in [3.63, 3.8) is 0 Å². The summed E-state index contributed by atoms with van der Waals surface area (Å²) in [5.74, 6) is 0.698. The fraction of sp³-hybridized carbons (Fsp3) is 0.424. The summed E-state index contributed by atoms with van der Waals surface area (Å²) in [7, 11) is 0. The average Bonchev–Trinajstić information content (AvgIpc) is 3.33. The number of thioether (sulfide) groups is 1. The van der Waals surface area contributed by atoms with Crippen molar-refractivity contribution < 1.29 is 4.79 Å². The first-order valence-electron chi connectivity index (χ1n) is 14.3. The quantitative estimate of drug-likeness (QED) is 0.165. The molecule has 210 valence electrons. The molecule has 1 aliphatic carbocycles. The van der Waals surface area contributed by atoms with E-state index in [2.05, 4.69) is 33.0 Å². The molecule has 2 aromatic heterocycles. The minimum Gasteiger partial charge on any atom is -0.325 e. The molecule has 2 aromatic carbocycles. The molecule has 7 heteroatoms. The van der Waals surface area contributed by atoms with E-state index in [0.29, 0.717) is 17.6 Å². The molecule has 0 fully saturated rings. The molecule has 0 bridgehead atoms. The van der Waals surface area contributed by atoms with E-state index in [-0.39, 0.29) is 22.6 Å².